The van der Waals surface area contributed by atoms with Crippen molar-refractivity contribution in [2.75, 3.05) is 0 Å². The van der Waals surface area contributed by atoms with E-state index in [0.29, 0.717) is 13.2 Å². The lowest BCUT2D eigenvalue weighted by molar-refractivity contribution is 0.104. The zero-order valence-corrected chi connectivity index (χ0v) is 9.66. The summed E-state index contributed by atoms with van der Waals surface area (Å²) in [6.07, 6.45) is 3.44. The average Bonchev–Trinajstić information content (AvgIpc) is 2.77. The van der Waals surface area contributed by atoms with Crippen LogP contribution in [0, 0.1) is 13.8 Å². The predicted molar refractivity (Wildman–Crippen MR) is 63.0 cm³/mol. The van der Waals surface area contributed by atoms with Crippen LogP contribution in [-0.2, 0) is 18.0 Å². The van der Waals surface area contributed by atoms with E-state index in [0.717, 1.165) is 5.69 Å². The molecular weight excluding hydrogens is 200 g/mol. The average molecular weight is 216 g/mol. The fourth-order valence-electron chi connectivity index (χ4n) is 1.60. The molecule has 0 radical (unpaired) electrons. The molecule has 2 rings (SSSR count). The van der Waals surface area contributed by atoms with Gasteiger partial charge in [-0.2, -0.15) is 0 Å². The molecule has 3 nitrogen and oxygen atoms in total. The highest BCUT2D eigenvalue weighted by atomic mass is 16.5. The topological polar surface area (TPSA) is 37.9 Å². The van der Waals surface area contributed by atoms with Gasteiger partial charge in [0.05, 0.1) is 31.4 Å². The molecule has 84 valence electrons. The van der Waals surface area contributed by atoms with Crippen LogP contribution in [0.5, 0.6) is 0 Å². The van der Waals surface area contributed by atoms with Crippen LogP contribution in [0.25, 0.3) is 0 Å². The van der Waals surface area contributed by atoms with E-state index >= 15 is 0 Å². The molecule has 0 aliphatic heterocycles. The van der Waals surface area contributed by atoms with E-state index in [1.54, 1.807) is 12.5 Å². The minimum absolute atomic E-state index is 0.577. The smallest absolute Gasteiger partial charge is 0.0922 e. The van der Waals surface area contributed by atoms with Gasteiger partial charge in [-0.05, 0) is 30.5 Å². The second kappa shape index (κ2) is 4.94. The van der Waals surface area contributed by atoms with Crippen LogP contribution in [0.4, 0.5) is 0 Å². The Kier molecular flexibility index (Phi) is 3.37. The largest absolute Gasteiger partial charge is 0.370 e. The lowest BCUT2D eigenvalue weighted by Gasteiger charge is -2.08. The monoisotopic (exact) mass is 216 g/mol. The summed E-state index contributed by atoms with van der Waals surface area (Å²) in [4.78, 5) is 6.96. The number of hydrogen-bond acceptors (Lipinski definition) is 2. The summed E-state index contributed by atoms with van der Waals surface area (Å²) in [6, 6.07) is 6.29. The highest BCUT2D eigenvalue weighted by Gasteiger charge is 2.01. The van der Waals surface area contributed by atoms with Gasteiger partial charge in [0.15, 0.2) is 0 Å². The standard InChI is InChI=1S/C13H16N2O/c1-10-4-3-5-12(11(10)2)7-16-8-13-6-14-9-15-13/h3-6,9H,7-8H2,1-2H3,(H,14,15). The van der Waals surface area contributed by atoms with Crippen molar-refractivity contribution in [1.29, 1.82) is 0 Å². The molecule has 0 bridgehead atoms. The zero-order valence-electron chi connectivity index (χ0n) is 9.66. The van der Waals surface area contributed by atoms with Gasteiger partial charge in [0, 0.05) is 0 Å². The molecule has 1 aromatic carbocycles. The Balaban J connectivity index is 1.92. The summed E-state index contributed by atoms with van der Waals surface area (Å²) in [5.74, 6) is 0. The molecule has 1 heterocycles. The summed E-state index contributed by atoms with van der Waals surface area (Å²) in [5.41, 5.74) is 4.87. The lowest BCUT2D eigenvalue weighted by Crippen LogP contribution is -1.97. The van der Waals surface area contributed by atoms with E-state index in [9.17, 15) is 0 Å². The van der Waals surface area contributed by atoms with Crippen molar-refractivity contribution < 1.29 is 4.74 Å². The minimum Gasteiger partial charge on any atom is -0.370 e. The summed E-state index contributed by atoms with van der Waals surface area (Å²) >= 11 is 0. The number of nitrogens with one attached hydrogen (secondary N) is 1. The van der Waals surface area contributed by atoms with Crippen molar-refractivity contribution in [2.45, 2.75) is 27.1 Å². The maximum Gasteiger partial charge on any atom is 0.0922 e. The Hall–Kier alpha value is -1.61. The van der Waals surface area contributed by atoms with Crippen LogP contribution < -0.4 is 0 Å². The SMILES string of the molecule is Cc1cccc(COCc2cnc[nH]2)c1C. The van der Waals surface area contributed by atoms with Crippen molar-refractivity contribution in [3.05, 3.63) is 53.1 Å². The molecule has 0 saturated carbocycles. The summed E-state index contributed by atoms with van der Waals surface area (Å²) < 4.78 is 5.63. The zero-order chi connectivity index (χ0) is 11.4. The maximum atomic E-state index is 5.63. The van der Waals surface area contributed by atoms with Gasteiger partial charge >= 0.3 is 0 Å². The first-order valence-corrected chi connectivity index (χ1v) is 5.37. The van der Waals surface area contributed by atoms with Crippen LogP contribution >= 0.6 is 0 Å². The van der Waals surface area contributed by atoms with E-state index in [1.165, 1.54) is 16.7 Å². The number of imidazole rings is 1. The van der Waals surface area contributed by atoms with Gasteiger partial charge in [0.25, 0.3) is 0 Å². The Labute approximate surface area is 95.5 Å². The number of aromatic amines is 1. The first kappa shape index (κ1) is 10.9. The number of benzene rings is 1. The molecule has 0 spiro atoms. The highest BCUT2D eigenvalue weighted by Crippen LogP contribution is 2.14. The Morgan fingerprint density at radius 2 is 2.12 bits per heavy atom. The Morgan fingerprint density at radius 3 is 2.88 bits per heavy atom. The van der Waals surface area contributed by atoms with Crippen LogP contribution in [0.15, 0.2) is 30.7 Å². The van der Waals surface area contributed by atoms with Gasteiger partial charge in [-0.1, -0.05) is 18.2 Å². The van der Waals surface area contributed by atoms with Gasteiger partial charge in [-0.15, -0.1) is 0 Å². The van der Waals surface area contributed by atoms with Crippen LogP contribution in [0.2, 0.25) is 0 Å². The number of aromatic nitrogens is 2. The second-order valence-corrected chi connectivity index (χ2v) is 3.93. The van der Waals surface area contributed by atoms with E-state index in [4.69, 9.17) is 4.74 Å². The van der Waals surface area contributed by atoms with E-state index in [-0.39, 0.29) is 0 Å². The highest BCUT2D eigenvalue weighted by molar-refractivity contribution is 5.32. The van der Waals surface area contributed by atoms with E-state index in [1.807, 2.05) is 0 Å². The quantitative estimate of drug-likeness (QED) is 0.853. The van der Waals surface area contributed by atoms with Crippen molar-refractivity contribution in [1.82, 2.24) is 9.97 Å². The maximum absolute atomic E-state index is 5.63. The number of nitrogens with zero attached hydrogens (tertiary/aromatic N) is 1. The number of aryl methyl sites for hydroxylation is 1. The third-order valence-corrected chi connectivity index (χ3v) is 2.79. The number of ether oxygens (including phenoxy) is 1. The number of H-pyrrole nitrogens is 1. The molecular formula is C13H16N2O. The summed E-state index contributed by atoms with van der Waals surface area (Å²) in [6.45, 7) is 5.47. The fourth-order valence-corrected chi connectivity index (χ4v) is 1.60. The molecule has 0 aliphatic carbocycles. The molecule has 1 N–H and O–H groups in total. The van der Waals surface area contributed by atoms with Gasteiger partial charge in [0.1, 0.15) is 0 Å². The van der Waals surface area contributed by atoms with Gasteiger partial charge in [0.2, 0.25) is 0 Å². The van der Waals surface area contributed by atoms with Crippen molar-refractivity contribution in [3.8, 4) is 0 Å². The molecule has 0 fully saturated rings. The summed E-state index contributed by atoms with van der Waals surface area (Å²) in [7, 11) is 0. The molecule has 16 heavy (non-hydrogen) atoms. The van der Waals surface area contributed by atoms with E-state index < -0.39 is 0 Å². The van der Waals surface area contributed by atoms with Crippen molar-refractivity contribution >= 4 is 0 Å². The Bertz CT molecular complexity index is 449. The van der Waals surface area contributed by atoms with Crippen LogP contribution in [0.3, 0.4) is 0 Å². The molecule has 1 aromatic heterocycles. The predicted octanol–water partition coefficient (Wildman–Crippen LogP) is 2.74. The molecule has 0 aliphatic rings. The normalized spacial score (nSPS) is 10.6. The van der Waals surface area contributed by atoms with Crippen LogP contribution in [-0.4, -0.2) is 9.97 Å². The van der Waals surface area contributed by atoms with Crippen molar-refractivity contribution in [2.24, 2.45) is 0 Å². The first-order valence-electron chi connectivity index (χ1n) is 5.37. The minimum atomic E-state index is 0.577. The number of rotatable bonds is 4. The summed E-state index contributed by atoms with van der Waals surface area (Å²) in [5, 5.41) is 0. The third kappa shape index (κ3) is 2.49. The second-order valence-electron chi connectivity index (χ2n) is 3.93. The first-order chi connectivity index (χ1) is 7.77. The van der Waals surface area contributed by atoms with Gasteiger partial charge in [-0.3, -0.25) is 0 Å². The number of hydrogen-bond donors (Lipinski definition) is 1. The fraction of sp³-hybridized carbons (Fsp3) is 0.308. The van der Waals surface area contributed by atoms with Gasteiger partial charge in [-0.25, -0.2) is 4.98 Å². The molecule has 0 unspecified atom stereocenters. The molecule has 3 heteroatoms. The molecule has 0 amide bonds. The lowest BCUT2D eigenvalue weighted by atomic mass is 10.0. The Morgan fingerprint density at radius 1 is 1.25 bits per heavy atom. The molecule has 0 atom stereocenters. The van der Waals surface area contributed by atoms with Crippen LogP contribution in [0.1, 0.15) is 22.4 Å². The third-order valence-electron chi connectivity index (χ3n) is 2.79. The van der Waals surface area contributed by atoms with E-state index in [2.05, 4.69) is 42.0 Å². The van der Waals surface area contributed by atoms with Crippen molar-refractivity contribution in [3.63, 3.8) is 0 Å². The van der Waals surface area contributed by atoms with Gasteiger partial charge < -0.3 is 9.72 Å². The molecule has 2 aromatic rings. The molecule has 0 saturated heterocycles.